The topological polar surface area (TPSA) is 29.9 Å². The molecule has 2 aromatic rings. The number of rotatable bonds is 3. The summed E-state index contributed by atoms with van der Waals surface area (Å²) in [6, 6.07) is 8.50. The first-order valence-corrected chi connectivity index (χ1v) is 7.49. The van der Waals surface area contributed by atoms with E-state index in [1.807, 2.05) is 12.5 Å². The molecule has 1 atom stereocenters. The molecule has 1 N–H and O–H groups in total. The van der Waals surface area contributed by atoms with Gasteiger partial charge in [0.25, 0.3) is 0 Å². The van der Waals surface area contributed by atoms with Crippen LogP contribution in [0.25, 0.3) is 5.69 Å². The predicted octanol–water partition coefficient (Wildman–Crippen LogP) is 2.67. The van der Waals surface area contributed by atoms with E-state index in [9.17, 15) is 0 Å². The Kier molecular flexibility index (Phi) is 3.39. The van der Waals surface area contributed by atoms with E-state index < -0.39 is 0 Å². The fourth-order valence-corrected chi connectivity index (χ4v) is 3.13. The number of hydrogen-bond donors (Lipinski definition) is 1. The normalized spacial score (nSPS) is 19.3. The summed E-state index contributed by atoms with van der Waals surface area (Å²) in [6.45, 7) is 2.17. The van der Waals surface area contributed by atoms with Crippen molar-refractivity contribution in [3.8, 4) is 5.69 Å². The number of benzene rings is 1. The minimum Gasteiger partial charge on any atom is -0.316 e. The van der Waals surface area contributed by atoms with Gasteiger partial charge in [0.1, 0.15) is 0 Å². The molecule has 1 aromatic carbocycles. The second-order valence-electron chi connectivity index (χ2n) is 4.55. The van der Waals surface area contributed by atoms with Crippen LogP contribution in [0.4, 0.5) is 0 Å². The van der Waals surface area contributed by atoms with Crippen molar-refractivity contribution in [2.75, 3.05) is 19.3 Å². The van der Waals surface area contributed by atoms with Gasteiger partial charge in [0.2, 0.25) is 0 Å². The van der Waals surface area contributed by atoms with Crippen LogP contribution in [0, 0.1) is 0 Å². The van der Waals surface area contributed by atoms with Crippen molar-refractivity contribution in [3.05, 3.63) is 42.5 Å². The van der Waals surface area contributed by atoms with Crippen LogP contribution in [0.2, 0.25) is 0 Å². The molecule has 1 fully saturated rings. The lowest BCUT2D eigenvalue weighted by atomic mass is 10.1. The van der Waals surface area contributed by atoms with Gasteiger partial charge in [-0.25, -0.2) is 4.98 Å². The van der Waals surface area contributed by atoms with Crippen molar-refractivity contribution >= 4 is 11.8 Å². The molecule has 0 bridgehead atoms. The minimum absolute atomic E-state index is 0.586. The van der Waals surface area contributed by atoms with E-state index in [1.165, 1.54) is 22.7 Å². The molecule has 4 heteroatoms. The summed E-state index contributed by atoms with van der Waals surface area (Å²) in [4.78, 5) is 5.64. The molecule has 1 aliphatic rings. The number of para-hydroxylation sites is 1. The standard InChI is InChI=1S/C14H17N3S/c1-18-14-5-3-2-4-12(14)17-10-16-9-13(17)11-6-7-15-8-11/h2-5,9-11,15H,6-8H2,1H3. The van der Waals surface area contributed by atoms with Crippen molar-refractivity contribution in [3.63, 3.8) is 0 Å². The largest absolute Gasteiger partial charge is 0.316 e. The quantitative estimate of drug-likeness (QED) is 0.860. The van der Waals surface area contributed by atoms with Crippen molar-refractivity contribution in [1.82, 2.24) is 14.9 Å². The zero-order valence-electron chi connectivity index (χ0n) is 10.5. The number of nitrogens with zero attached hydrogens (tertiary/aromatic N) is 2. The first-order valence-electron chi connectivity index (χ1n) is 6.26. The third kappa shape index (κ3) is 2.06. The summed E-state index contributed by atoms with van der Waals surface area (Å²) >= 11 is 1.78. The van der Waals surface area contributed by atoms with E-state index >= 15 is 0 Å². The summed E-state index contributed by atoms with van der Waals surface area (Å²) in [5.74, 6) is 0.586. The molecule has 1 saturated heterocycles. The highest BCUT2D eigenvalue weighted by Gasteiger charge is 2.21. The Morgan fingerprint density at radius 1 is 1.39 bits per heavy atom. The van der Waals surface area contributed by atoms with Gasteiger partial charge in [0.05, 0.1) is 12.0 Å². The molecule has 3 nitrogen and oxygen atoms in total. The van der Waals surface area contributed by atoms with Gasteiger partial charge in [0.15, 0.2) is 0 Å². The van der Waals surface area contributed by atoms with E-state index in [0.29, 0.717) is 5.92 Å². The fourth-order valence-electron chi connectivity index (χ4n) is 2.54. The number of hydrogen-bond acceptors (Lipinski definition) is 3. The molecular formula is C14H17N3S. The Bertz CT molecular complexity index is 529. The molecule has 0 radical (unpaired) electrons. The summed E-state index contributed by atoms with van der Waals surface area (Å²) in [7, 11) is 0. The molecule has 0 saturated carbocycles. The maximum atomic E-state index is 4.34. The lowest BCUT2D eigenvalue weighted by Crippen LogP contribution is -2.11. The van der Waals surface area contributed by atoms with E-state index in [0.717, 1.165) is 13.1 Å². The highest BCUT2D eigenvalue weighted by Crippen LogP contribution is 2.29. The minimum atomic E-state index is 0.586. The molecular weight excluding hydrogens is 242 g/mol. The first-order chi connectivity index (χ1) is 8.90. The van der Waals surface area contributed by atoms with Gasteiger partial charge in [-0.05, 0) is 31.4 Å². The van der Waals surface area contributed by atoms with Crippen LogP contribution in [0.5, 0.6) is 0 Å². The Labute approximate surface area is 112 Å². The lowest BCUT2D eigenvalue weighted by Gasteiger charge is -2.15. The number of thioether (sulfide) groups is 1. The van der Waals surface area contributed by atoms with Crippen LogP contribution < -0.4 is 5.32 Å². The van der Waals surface area contributed by atoms with E-state index in [4.69, 9.17) is 0 Å². The number of imidazole rings is 1. The Morgan fingerprint density at radius 3 is 3.06 bits per heavy atom. The summed E-state index contributed by atoms with van der Waals surface area (Å²) in [6.07, 6.45) is 7.26. The van der Waals surface area contributed by atoms with Gasteiger partial charge in [-0.1, -0.05) is 12.1 Å². The van der Waals surface area contributed by atoms with Crippen molar-refractivity contribution in [1.29, 1.82) is 0 Å². The average molecular weight is 259 g/mol. The molecule has 1 unspecified atom stereocenters. The van der Waals surface area contributed by atoms with Crippen LogP contribution >= 0.6 is 11.8 Å². The molecule has 3 rings (SSSR count). The van der Waals surface area contributed by atoms with Crippen molar-refractivity contribution in [2.24, 2.45) is 0 Å². The lowest BCUT2D eigenvalue weighted by molar-refractivity contribution is 0.711. The first kappa shape index (κ1) is 11.8. The zero-order valence-corrected chi connectivity index (χ0v) is 11.3. The highest BCUT2D eigenvalue weighted by atomic mass is 32.2. The molecule has 18 heavy (non-hydrogen) atoms. The van der Waals surface area contributed by atoms with Crippen LogP contribution in [0.15, 0.2) is 41.7 Å². The molecule has 94 valence electrons. The van der Waals surface area contributed by atoms with Gasteiger partial charge < -0.3 is 9.88 Å². The third-order valence-electron chi connectivity index (χ3n) is 3.49. The fraction of sp³-hybridized carbons (Fsp3) is 0.357. The molecule has 0 aliphatic carbocycles. The second-order valence-corrected chi connectivity index (χ2v) is 5.40. The second kappa shape index (κ2) is 5.16. The highest BCUT2D eigenvalue weighted by molar-refractivity contribution is 7.98. The van der Waals surface area contributed by atoms with E-state index in [-0.39, 0.29) is 0 Å². The molecule has 1 aliphatic heterocycles. The molecule has 2 heterocycles. The van der Waals surface area contributed by atoms with Crippen LogP contribution in [-0.4, -0.2) is 28.9 Å². The van der Waals surface area contributed by atoms with Gasteiger partial charge in [0, 0.05) is 29.2 Å². The van der Waals surface area contributed by atoms with Gasteiger partial charge in [-0.2, -0.15) is 0 Å². The molecule has 1 aromatic heterocycles. The number of nitrogens with one attached hydrogen (secondary N) is 1. The van der Waals surface area contributed by atoms with Gasteiger partial charge in [-0.15, -0.1) is 11.8 Å². The zero-order chi connectivity index (χ0) is 12.4. The summed E-state index contributed by atoms with van der Waals surface area (Å²) in [5, 5.41) is 3.42. The van der Waals surface area contributed by atoms with Crippen LogP contribution in [-0.2, 0) is 0 Å². The van der Waals surface area contributed by atoms with Crippen LogP contribution in [0.3, 0.4) is 0 Å². The van der Waals surface area contributed by atoms with Crippen molar-refractivity contribution in [2.45, 2.75) is 17.2 Å². The molecule has 0 spiro atoms. The number of aromatic nitrogens is 2. The van der Waals surface area contributed by atoms with Gasteiger partial charge in [-0.3, -0.25) is 0 Å². The Hall–Kier alpha value is -1.26. The predicted molar refractivity (Wildman–Crippen MR) is 75.6 cm³/mol. The maximum Gasteiger partial charge on any atom is 0.0994 e. The monoisotopic (exact) mass is 259 g/mol. The smallest absolute Gasteiger partial charge is 0.0994 e. The average Bonchev–Trinajstić information content (AvgIpc) is 3.09. The maximum absolute atomic E-state index is 4.34. The summed E-state index contributed by atoms with van der Waals surface area (Å²) < 4.78 is 2.24. The summed E-state index contributed by atoms with van der Waals surface area (Å²) in [5.41, 5.74) is 2.56. The Balaban J connectivity index is 2.03. The Morgan fingerprint density at radius 2 is 2.28 bits per heavy atom. The molecule has 0 amide bonds. The van der Waals surface area contributed by atoms with E-state index in [2.05, 4.69) is 45.4 Å². The van der Waals surface area contributed by atoms with E-state index in [1.54, 1.807) is 11.8 Å². The van der Waals surface area contributed by atoms with Gasteiger partial charge >= 0.3 is 0 Å². The third-order valence-corrected chi connectivity index (χ3v) is 4.28. The van der Waals surface area contributed by atoms with Crippen LogP contribution in [0.1, 0.15) is 18.0 Å². The van der Waals surface area contributed by atoms with Crippen molar-refractivity contribution < 1.29 is 0 Å². The SMILES string of the molecule is CSc1ccccc1-n1cncc1C1CCNC1.